The third-order valence-electron chi connectivity index (χ3n) is 3.16. The Kier molecular flexibility index (Phi) is 4.22. The lowest BCUT2D eigenvalue weighted by Crippen LogP contribution is -2.26. The van der Waals surface area contributed by atoms with E-state index in [1.54, 1.807) is 6.92 Å². The first-order valence-corrected chi connectivity index (χ1v) is 6.44. The molecule has 6 heteroatoms. The smallest absolute Gasteiger partial charge is 0.342 e. The molecule has 0 heterocycles. The van der Waals surface area contributed by atoms with Gasteiger partial charge in [-0.05, 0) is 38.3 Å². The summed E-state index contributed by atoms with van der Waals surface area (Å²) in [5.74, 6) is -3.49. The summed E-state index contributed by atoms with van der Waals surface area (Å²) >= 11 is 0. The maximum absolute atomic E-state index is 14.2. The number of carboxylic acid groups (broad SMARTS) is 1. The number of aromatic carboxylic acids is 1. The fraction of sp³-hybridized carbons (Fsp3) is 0.429. The molecule has 1 aromatic carbocycles. The van der Waals surface area contributed by atoms with E-state index in [1.165, 1.54) is 6.07 Å². The maximum atomic E-state index is 14.2. The predicted octanol–water partition coefficient (Wildman–Crippen LogP) is 2.63. The Morgan fingerprint density at radius 2 is 2.00 bits per heavy atom. The number of esters is 1. The number of rotatable bonds is 5. The highest BCUT2D eigenvalue weighted by molar-refractivity contribution is 5.95. The quantitative estimate of drug-likeness (QED) is 0.840. The summed E-state index contributed by atoms with van der Waals surface area (Å²) in [6, 6.07) is 2.26. The average Bonchev–Trinajstić information content (AvgIpc) is 2.34. The summed E-state index contributed by atoms with van der Waals surface area (Å²) in [5, 5.41) is 8.92. The van der Waals surface area contributed by atoms with E-state index in [2.05, 4.69) is 0 Å². The SMILES string of the molecule is CCOC(=O)c1ccc(C(=O)O)c(F)c1OC1CCC1. The van der Waals surface area contributed by atoms with Crippen LogP contribution in [0.4, 0.5) is 4.39 Å². The van der Waals surface area contributed by atoms with Crippen LogP contribution in [-0.4, -0.2) is 29.8 Å². The molecule has 0 unspecified atom stereocenters. The van der Waals surface area contributed by atoms with Gasteiger partial charge in [0.05, 0.1) is 18.3 Å². The van der Waals surface area contributed by atoms with Crippen LogP contribution < -0.4 is 4.74 Å². The van der Waals surface area contributed by atoms with E-state index < -0.39 is 23.3 Å². The van der Waals surface area contributed by atoms with E-state index in [-0.39, 0.29) is 24.0 Å². The topological polar surface area (TPSA) is 72.8 Å². The van der Waals surface area contributed by atoms with Crippen molar-refractivity contribution in [2.45, 2.75) is 32.3 Å². The third kappa shape index (κ3) is 2.74. The molecule has 1 aromatic rings. The van der Waals surface area contributed by atoms with Gasteiger partial charge in [0, 0.05) is 0 Å². The van der Waals surface area contributed by atoms with E-state index >= 15 is 0 Å². The fourth-order valence-electron chi connectivity index (χ4n) is 1.86. The second-order valence-electron chi connectivity index (χ2n) is 4.50. The highest BCUT2D eigenvalue weighted by atomic mass is 19.1. The van der Waals surface area contributed by atoms with Crippen molar-refractivity contribution in [1.29, 1.82) is 0 Å². The minimum atomic E-state index is -1.41. The van der Waals surface area contributed by atoms with Gasteiger partial charge in [0.1, 0.15) is 5.56 Å². The summed E-state index contributed by atoms with van der Waals surface area (Å²) in [6.45, 7) is 1.77. The molecule has 0 atom stereocenters. The Hall–Kier alpha value is -2.11. The minimum Gasteiger partial charge on any atom is -0.486 e. The van der Waals surface area contributed by atoms with Gasteiger partial charge in [-0.15, -0.1) is 0 Å². The van der Waals surface area contributed by atoms with Gasteiger partial charge >= 0.3 is 11.9 Å². The van der Waals surface area contributed by atoms with Crippen LogP contribution in [0.3, 0.4) is 0 Å². The Balaban J connectivity index is 2.41. The normalized spacial score (nSPS) is 14.5. The second kappa shape index (κ2) is 5.90. The van der Waals surface area contributed by atoms with Gasteiger partial charge in [-0.25, -0.2) is 14.0 Å². The van der Waals surface area contributed by atoms with Crippen LogP contribution in [0.5, 0.6) is 5.75 Å². The molecular weight excluding hydrogens is 267 g/mol. The lowest BCUT2D eigenvalue weighted by molar-refractivity contribution is 0.0506. The molecule has 0 amide bonds. The Bertz CT molecular complexity index is 537. The number of hydrogen-bond donors (Lipinski definition) is 1. The minimum absolute atomic E-state index is 0.0822. The molecule has 5 nitrogen and oxygen atoms in total. The largest absolute Gasteiger partial charge is 0.486 e. The standard InChI is InChI=1S/C14H15FO5/c1-2-19-14(18)10-7-6-9(13(16)17)11(15)12(10)20-8-4-3-5-8/h6-8H,2-5H2,1H3,(H,16,17). The number of ether oxygens (including phenoxy) is 2. The van der Waals surface area contributed by atoms with Crippen LogP contribution >= 0.6 is 0 Å². The summed E-state index contributed by atoms with van der Waals surface area (Å²) in [6.07, 6.45) is 2.32. The fourth-order valence-corrected chi connectivity index (χ4v) is 1.86. The zero-order valence-electron chi connectivity index (χ0n) is 11.0. The molecule has 1 aliphatic rings. The van der Waals surface area contributed by atoms with E-state index in [4.69, 9.17) is 14.6 Å². The molecule has 20 heavy (non-hydrogen) atoms. The van der Waals surface area contributed by atoms with Crippen LogP contribution in [0.15, 0.2) is 12.1 Å². The van der Waals surface area contributed by atoms with E-state index in [0.29, 0.717) is 0 Å². The van der Waals surface area contributed by atoms with Crippen molar-refractivity contribution in [3.63, 3.8) is 0 Å². The lowest BCUT2D eigenvalue weighted by Gasteiger charge is -2.27. The molecule has 0 bridgehead atoms. The van der Waals surface area contributed by atoms with E-state index in [9.17, 15) is 14.0 Å². The van der Waals surface area contributed by atoms with Crippen molar-refractivity contribution in [3.05, 3.63) is 29.1 Å². The predicted molar refractivity (Wildman–Crippen MR) is 67.6 cm³/mol. The van der Waals surface area contributed by atoms with Crippen molar-refractivity contribution < 1.29 is 28.6 Å². The maximum Gasteiger partial charge on any atom is 0.342 e. The van der Waals surface area contributed by atoms with Gasteiger partial charge in [-0.2, -0.15) is 0 Å². The Labute approximate surface area is 115 Å². The number of benzene rings is 1. The number of halogens is 1. The summed E-state index contributed by atoms with van der Waals surface area (Å²) in [4.78, 5) is 22.7. The van der Waals surface area contributed by atoms with Crippen molar-refractivity contribution in [3.8, 4) is 5.75 Å². The summed E-state index contributed by atoms with van der Waals surface area (Å²) in [7, 11) is 0. The van der Waals surface area contributed by atoms with E-state index in [0.717, 1.165) is 25.3 Å². The summed E-state index contributed by atoms with van der Waals surface area (Å²) < 4.78 is 24.4. The van der Waals surface area contributed by atoms with Crippen LogP contribution in [-0.2, 0) is 4.74 Å². The Morgan fingerprint density at radius 3 is 2.50 bits per heavy atom. The molecule has 1 N–H and O–H groups in total. The van der Waals surface area contributed by atoms with Gasteiger partial charge < -0.3 is 14.6 Å². The zero-order chi connectivity index (χ0) is 14.7. The van der Waals surface area contributed by atoms with Gasteiger partial charge in [0.15, 0.2) is 11.6 Å². The third-order valence-corrected chi connectivity index (χ3v) is 3.16. The summed E-state index contributed by atoms with van der Waals surface area (Å²) in [5.41, 5.74) is -0.603. The molecule has 1 aliphatic carbocycles. The molecular formula is C14H15FO5. The van der Waals surface area contributed by atoms with Gasteiger partial charge in [-0.1, -0.05) is 0 Å². The van der Waals surface area contributed by atoms with Crippen molar-refractivity contribution >= 4 is 11.9 Å². The number of carboxylic acids is 1. The first kappa shape index (κ1) is 14.3. The average molecular weight is 282 g/mol. The highest BCUT2D eigenvalue weighted by Crippen LogP contribution is 2.32. The number of carbonyl (C=O) groups is 2. The van der Waals surface area contributed by atoms with Gasteiger partial charge in [0.2, 0.25) is 0 Å². The Morgan fingerprint density at radius 1 is 1.35 bits per heavy atom. The molecule has 0 spiro atoms. The molecule has 0 aromatic heterocycles. The van der Waals surface area contributed by atoms with Crippen molar-refractivity contribution in [2.24, 2.45) is 0 Å². The van der Waals surface area contributed by atoms with E-state index in [1.807, 2.05) is 0 Å². The van der Waals surface area contributed by atoms with Crippen LogP contribution in [0.2, 0.25) is 0 Å². The number of carbonyl (C=O) groups excluding carboxylic acids is 1. The van der Waals surface area contributed by atoms with Crippen molar-refractivity contribution in [1.82, 2.24) is 0 Å². The first-order valence-electron chi connectivity index (χ1n) is 6.44. The molecule has 0 aliphatic heterocycles. The van der Waals surface area contributed by atoms with Crippen LogP contribution in [0, 0.1) is 5.82 Å². The molecule has 1 saturated carbocycles. The molecule has 1 fully saturated rings. The molecule has 2 rings (SSSR count). The van der Waals surface area contributed by atoms with Crippen LogP contribution in [0.25, 0.3) is 0 Å². The van der Waals surface area contributed by atoms with Crippen LogP contribution in [0.1, 0.15) is 46.9 Å². The van der Waals surface area contributed by atoms with Gasteiger partial charge in [0.25, 0.3) is 0 Å². The lowest BCUT2D eigenvalue weighted by atomic mass is 9.96. The monoisotopic (exact) mass is 282 g/mol. The molecule has 0 radical (unpaired) electrons. The first-order chi connectivity index (χ1) is 9.54. The van der Waals surface area contributed by atoms with Gasteiger partial charge in [-0.3, -0.25) is 0 Å². The highest BCUT2D eigenvalue weighted by Gasteiger charge is 2.28. The van der Waals surface area contributed by atoms with Crippen molar-refractivity contribution in [2.75, 3.05) is 6.61 Å². The molecule has 0 saturated heterocycles. The second-order valence-corrected chi connectivity index (χ2v) is 4.50. The molecule has 108 valence electrons. The number of hydrogen-bond acceptors (Lipinski definition) is 4. The zero-order valence-corrected chi connectivity index (χ0v) is 11.0.